The van der Waals surface area contributed by atoms with Crippen molar-refractivity contribution < 1.29 is 9.53 Å². The van der Waals surface area contributed by atoms with Gasteiger partial charge in [-0.1, -0.05) is 6.07 Å². The largest absolute Gasteiger partial charge is 0.381 e. The molecule has 1 N–H and O–H groups in total. The zero-order chi connectivity index (χ0) is 15.4. The highest BCUT2D eigenvalue weighted by molar-refractivity contribution is 7.12. The molecule has 4 nitrogen and oxygen atoms in total. The van der Waals surface area contributed by atoms with E-state index in [9.17, 15) is 4.79 Å². The molecule has 0 aliphatic carbocycles. The molecule has 1 amide bonds. The Balaban J connectivity index is 1.80. The number of nitrogens with one attached hydrogen (secondary N) is 1. The first kappa shape index (κ1) is 15.2. The predicted molar refractivity (Wildman–Crippen MR) is 87.0 cm³/mol. The summed E-state index contributed by atoms with van der Waals surface area (Å²) < 4.78 is 5.45. The van der Waals surface area contributed by atoms with Crippen LogP contribution in [0.1, 0.15) is 39.7 Å². The first-order chi connectivity index (χ1) is 10.7. The van der Waals surface area contributed by atoms with Gasteiger partial charge in [0.15, 0.2) is 0 Å². The molecule has 116 valence electrons. The van der Waals surface area contributed by atoms with Crippen LogP contribution in [0, 0.1) is 12.8 Å². The summed E-state index contributed by atoms with van der Waals surface area (Å²) >= 11 is 1.49. The van der Waals surface area contributed by atoms with E-state index in [1.165, 1.54) is 11.3 Å². The lowest BCUT2D eigenvalue weighted by molar-refractivity contribution is 0.0514. The van der Waals surface area contributed by atoms with Gasteiger partial charge in [-0.3, -0.25) is 9.78 Å². The number of rotatable bonds is 4. The molecule has 0 spiro atoms. The molecule has 2 aromatic heterocycles. The second-order valence-electron chi connectivity index (χ2n) is 5.68. The molecular weight excluding hydrogens is 296 g/mol. The van der Waals surface area contributed by atoms with Crippen LogP contribution in [0.15, 0.2) is 36.0 Å². The maximum atomic E-state index is 12.5. The van der Waals surface area contributed by atoms with Crippen LogP contribution in [0.2, 0.25) is 0 Å². The molecule has 1 saturated heterocycles. The van der Waals surface area contributed by atoms with Crippen molar-refractivity contribution in [3.63, 3.8) is 0 Å². The molecule has 5 heteroatoms. The highest BCUT2D eigenvalue weighted by atomic mass is 32.1. The van der Waals surface area contributed by atoms with Gasteiger partial charge in [-0.05, 0) is 54.3 Å². The third-order valence-electron chi connectivity index (χ3n) is 4.02. The number of hydrogen-bond donors (Lipinski definition) is 1. The van der Waals surface area contributed by atoms with Crippen molar-refractivity contribution in [2.24, 2.45) is 5.92 Å². The van der Waals surface area contributed by atoms with E-state index >= 15 is 0 Å². The summed E-state index contributed by atoms with van der Waals surface area (Å²) in [4.78, 5) is 17.5. The van der Waals surface area contributed by atoms with Crippen molar-refractivity contribution in [1.82, 2.24) is 10.3 Å². The highest BCUT2D eigenvalue weighted by Crippen LogP contribution is 2.30. The third-order valence-corrected chi connectivity index (χ3v) is 5.07. The van der Waals surface area contributed by atoms with Crippen LogP contribution in [-0.2, 0) is 4.74 Å². The number of ether oxygens (including phenoxy) is 1. The Labute approximate surface area is 134 Å². The smallest absolute Gasteiger partial charge is 0.261 e. The standard InChI is InChI=1S/C17H20N2O2S/c1-12-9-15(22-11-12)17(20)19-16(13-4-7-21-8-5-13)14-3-2-6-18-10-14/h2-3,6,9-11,13,16H,4-5,7-8H2,1H3,(H,19,20)/t16-/m0/s1. The van der Waals surface area contributed by atoms with E-state index in [1.807, 2.05) is 36.7 Å². The van der Waals surface area contributed by atoms with Crippen LogP contribution in [0.3, 0.4) is 0 Å². The van der Waals surface area contributed by atoms with Gasteiger partial charge >= 0.3 is 0 Å². The number of amides is 1. The normalized spacial score (nSPS) is 17.1. The van der Waals surface area contributed by atoms with Crippen molar-refractivity contribution in [3.8, 4) is 0 Å². The third kappa shape index (κ3) is 3.54. The first-order valence-corrected chi connectivity index (χ1v) is 8.45. The molecule has 0 unspecified atom stereocenters. The van der Waals surface area contributed by atoms with Gasteiger partial charge in [0.05, 0.1) is 10.9 Å². The van der Waals surface area contributed by atoms with Crippen LogP contribution in [0.4, 0.5) is 0 Å². The molecule has 3 heterocycles. The van der Waals surface area contributed by atoms with E-state index < -0.39 is 0 Å². The van der Waals surface area contributed by atoms with Gasteiger partial charge in [0, 0.05) is 25.6 Å². The number of aryl methyl sites for hydroxylation is 1. The fourth-order valence-electron chi connectivity index (χ4n) is 2.85. The Bertz CT molecular complexity index is 621. The minimum Gasteiger partial charge on any atom is -0.381 e. The molecule has 1 aliphatic rings. The second-order valence-corrected chi connectivity index (χ2v) is 6.59. The molecule has 3 rings (SSSR count). The van der Waals surface area contributed by atoms with Crippen LogP contribution in [0.5, 0.6) is 0 Å². The Morgan fingerprint density at radius 1 is 1.45 bits per heavy atom. The molecule has 0 bridgehead atoms. The molecule has 22 heavy (non-hydrogen) atoms. The molecule has 1 atom stereocenters. The summed E-state index contributed by atoms with van der Waals surface area (Å²) in [6.45, 7) is 3.52. The van der Waals surface area contributed by atoms with Crippen molar-refractivity contribution in [3.05, 3.63) is 52.0 Å². The lowest BCUT2D eigenvalue weighted by Gasteiger charge is -2.31. The topological polar surface area (TPSA) is 51.2 Å². The van der Waals surface area contributed by atoms with Crippen LogP contribution < -0.4 is 5.32 Å². The SMILES string of the molecule is Cc1csc(C(=O)N[C@H](c2cccnc2)C2CCOCC2)c1. The molecule has 0 saturated carbocycles. The molecule has 1 fully saturated rings. The molecule has 0 radical (unpaired) electrons. The predicted octanol–water partition coefficient (Wildman–Crippen LogP) is 3.35. The summed E-state index contributed by atoms with van der Waals surface area (Å²) in [7, 11) is 0. The first-order valence-electron chi connectivity index (χ1n) is 7.57. The zero-order valence-electron chi connectivity index (χ0n) is 12.6. The number of nitrogens with zero attached hydrogens (tertiary/aromatic N) is 1. The minimum absolute atomic E-state index is 0.00144. The average molecular weight is 316 g/mol. The monoisotopic (exact) mass is 316 g/mol. The summed E-state index contributed by atoms with van der Waals surface area (Å²) in [5.41, 5.74) is 2.19. The van der Waals surface area contributed by atoms with Crippen molar-refractivity contribution in [1.29, 1.82) is 0 Å². The number of carbonyl (C=O) groups is 1. The maximum Gasteiger partial charge on any atom is 0.261 e. The fourth-order valence-corrected chi connectivity index (χ4v) is 3.65. The van der Waals surface area contributed by atoms with Crippen LogP contribution >= 0.6 is 11.3 Å². The van der Waals surface area contributed by atoms with Gasteiger partial charge in [-0.15, -0.1) is 11.3 Å². The quantitative estimate of drug-likeness (QED) is 0.941. The van der Waals surface area contributed by atoms with E-state index in [2.05, 4.69) is 10.3 Å². The summed E-state index contributed by atoms with van der Waals surface area (Å²) in [6.07, 6.45) is 5.53. The van der Waals surface area contributed by atoms with Crippen molar-refractivity contribution in [2.45, 2.75) is 25.8 Å². The number of thiophene rings is 1. The lowest BCUT2D eigenvalue weighted by Crippen LogP contribution is -2.35. The molecule has 1 aliphatic heterocycles. The molecule has 0 aromatic carbocycles. The van der Waals surface area contributed by atoms with Gasteiger partial charge in [0.2, 0.25) is 0 Å². The van der Waals surface area contributed by atoms with Crippen molar-refractivity contribution >= 4 is 17.2 Å². The van der Waals surface area contributed by atoms with Crippen LogP contribution in [-0.4, -0.2) is 24.1 Å². The maximum absolute atomic E-state index is 12.5. The van der Waals surface area contributed by atoms with E-state index in [4.69, 9.17) is 4.74 Å². The van der Waals surface area contributed by atoms with Crippen molar-refractivity contribution in [2.75, 3.05) is 13.2 Å². The molecule has 2 aromatic rings. The number of pyridine rings is 1. The summed E-state index contributed by atoms with van der Waals surface area (Å²) in [5, 5.41) is 5.21. The van der Waals surface area contributed by atoms with Gasteiger partial charge in [-0.2, -0.15) is 0 Å². The van der Waals surface area contributed by atoms with E-state index in [0.29, 0.717) is 5.92 Å². The Hall–Kier alpha value is -1.72. The Morgan fingerprint density at radius 3 is 2.91 bits per heavy atom. The van der Waals surface area contributed by atoms with Gasteiger partial charge in [0.1, 0.15) is 0 Å². The van der Waals surface area contributed by atoms with E-state index in [-0.39, 0.29) is 11.9 Å². The number of hydrogen-bond acceptors (Lipinski definition) is 4. The minimum atomic E-state index is -0.00694. The highest BCUT2D eigenvalue weighted by Gasteiger charge is 2.27. The average Bonchev–Trinajstić information content (AvgIpc) is 3.01. The number of aromatic nitrogens is 1. The fraction of sp³-hybridized carbons (Fsp3) is 0.412. The van der Waals surface area contributed by atoms with E-state index in [0.717, 1.165) is 42.1 Å². The van der Waals surface area contributed by atoms with E-state index in [1.54, 1.807) is 6.20 Å². The summed E-state index contributed by atoms with van der Waals surface area (Å²) in [5.74, 6) is 0.390. The second kappa shape index (κ2) is 7.03. The van der Waals surface area contributed by atoms with Crippen LogP contribution in [0.25, 0.3) is 0 Å². The zero-order valence-corrected chi connectivity index (χ0v) is 13.4. The van der Waals surface area contributed by atoms with Gasteiger partial charge in [0.25, 0.3) is 5.91 Å². The Morgan fingerprint density at radius 2 is 2.27 bits per heavy atom. The van der Waals surface area contributed by atoms with Gasteiger partial charge in [-0.25, -0.2) is 0 Å². The summed E-state index contributed by atoms with van der Waals surface area (Å²) in [6, 6.07) is 5.88. The number of carbonyl (C=O) groups excluding carboxylic acids is 1. The molecular formula is C17H20N2O2S. The van der Waals surface area contributed by atoms with Gasteiger partial charge < -0.3 is 10.1 Å². The lowest BCUT2D eigenvalue weighted by atomic mass is 9.87. The Kier molecular flexibility index (Phi) is 4.85.